The SMILES string of the molecule is CCCNC(=O)CN1C(=O)CSC(c2ccccc2F)c2c(-c3ccccc3)nn(-c3ccc(OC)cc3)c21. The molecular formula is C30H29FN4O3S. The van der Waals surface area contributed by atoms with Gasteiger partial charge in [-0.3, -0.25) is 14.5 Å². The number of benzene rings is 3. The van der Waals surface area contributed by atoms with Crippen LogP contribution in [0.15, 0.2) is 78.9 Å². The van der Waals surface area contributed by atoms with Crippen LogP contribution in [0.1, 0.15) is 29.7 Å². The number of carbonyl (C=O) groups is 2. The number of ether oxygens (including phenoxy) is 1. The third kappa shape index (κ3) is 5.40. The van der Waals surface area contributed by atoms with Crippen LogP contribution in [0.5, 0.6) is 5.75 Å². The van der Waals surface area contributed by atoms with Gasteiger partial charge in [-0.05, 0) is 36.8 Å². The number of carbonyl (C=O) groups excluding carboxylic acids is 2. The summed E-state index contributed by atoms with van der Waals surface area (Å²) in [7, 11) is 1.59. The molecule has 7 nitrogen and oxygen atoms in total. The summed E-state index contributed by atoms with van der Waals surface area (Å²) in [5.74, 6) is 0.320. The van der Waals surface area contributed by atoms with Crippen molar-refractivity contribution in [2.24, 2.45) is 0 Å². The Kier molecular flexibility index (Phi) is 7.97. The van der Waals surface area contributed by atoms with Crippen molar-refractivity contribution in [1.82, 2.24) is 15.1 Å². The lowest BCUT2D eigenvalue weighted by Gasteiger charge is -2.23. The van der Waals surface area contributed by atoms with Crippen LogP contribution in [-0.4, -0.2) is 47.5 Å². The molecule has 200 valence electrons. The van der Waals surface area contributed by atoms with Gasteiger partial charge < -0.3 is 10.1 Å². The minimum absolute atomic E-state index is 0.0750. The highest BCUT2D eigenvalue weighted by molar-refractivity contribution is 8.00. The zero-order valence-corrected chi connectivity index (χ0v) is 22.6. The van der Waals surface area contributed by atoms with E-state index >= 15 is 4.39 Å². The molecule has 1 N–H and O–H groups in total. The van der Waals surface area contributed by atoms with Crippen LogP contribution >= 0.6 is 11.8 Å². The molecule has 1 aliphatic heterocycles. The van der Waals surface area contributed by atoms with Crippen molar-refractivity contribution in [2.45, 2.75) is 18.6 Å². The van der Waals surface area contributed by atoms with Crippen molar-refractivity contribution in [3.8, 4) is 22.7 Å². The average Bonchev–Trinajstić information content (AvgIpc) is 3.30. The first kappa shape index (κ1) is 26.5. The van der Waals surface area contributed by atoms with Gasteiger partial charge in [-0.1, -0.05) is 55.5 Å². The molecule has 3 aromatic carbocycles. The van der Waals surface area contributed by atoms with Crippen LogP contribution in [0.3, 0.4) is 0 Å². The lowest BCUT2D eigenvalue weighted by molar-refractivity contribution is -0.122. The number of halogens is 1. The zero-order chi connectivity index (χ0) is 27.4. The fourth-order valence-corrected chi connectivity index (χ4v) is 5.85. The number of thioether (sulfide) groups is 1. The normalized spacial score (nSPS) is 15.0. The van der Waals surface area contributed by atoms with Crippen LogP contribution in [0.2, 0.25) is 0 Å². The summed E-state index contributed by atoms with van der Waals surface area (Å²) in [5.41, 5.74) is 3.27. The van der Waals surface area contributed by atoms with Crippen LogP contribution in [0.4, 0.5) is 10.2 Å². The van der Waals surface area contributed by atoms with E-state index in [0.717, 1.165) is 12.0 Å². The van der Waals surface area contributed by atoms with Gasteiger partial charge in [0, 0.05) is 23.2 Å². The number of nitrogens with one attached hydrogen (secondary N) is 1. The lowest BCUT2D eigenvalue weighted by atomic mass is 9.99. The first-order valence-electron chi connectivity index (χ1n) is 12.8. The van der Waals surface area contributed by atoms with Crippen molar-refractivity contribution in [2.75, 3.05) is 30.9 Å². The molecule has 5 rings (SSSR count). The number of anilines is 1. The predicted molar refractivity (Wildman–Crippen MR) is 152 cm³/mol. The smallest absolute Gasteiger partial charge is 0.240 e. The number of hydrogen-bond acceptors (Lipinski definition) is 5. The maximum atomic E-state index is 15.3. The summed E-state index contributed by atoms with van der Waals surface area (Å²) in [5, 5.41) is 7.34. The average molecular weight is 545 g/mol. The largest absolute Gasteiger partial charge is 0.497 e. The van der Waals surface area contributed by atoms with Gasteiger partial charge in [0.2, 0.25) is 11.8 Å². The Morgan fingerprint density at radius 2 is 1.79 bits per heavy atom. The minimum atomic E-state index is -0.531. The number of nitrogens with zero attached hydrogens (tertiary/aromatic N) is 3. The Bertz CT molecular complexity index is 1470. The van der Waals surface area contributed by atoms with Gasteiger partial charge >= 0.3 is 0 Å². The standard InChI is InChI=1S/C30H29FN4O3S/c1-3-17-32-25(36)18-34-26(37)19-39-29(23-11-7-8-12-24(23)31)27-28(20-9-5-4-6-10-20)33-35(30(27)34)21-13-15-22(38-2)16-14-21/h4-16,29H,3,17-19H2,1-2H3,(H,32,36). The Morgan fingerprint density at radius 1 is 1.08 bits per heavy atom. The molecule has 2 amide bonds. The Labute approximate surface area is 231 Å². The van der Waals surface area contributed by atoms with Gasteiger partial charge in [-0.25, -0.2) is 9.07 Å². The summed E-state index contributed by atoms with van der Waals surface area (Å²) in [6, 6.07) is 23.5. The number of fused-ring (bicyclic) bond motifs is 1. The fraction of sp³-hybridized carbons (Fsp3) is 0.233. The van der Waals surface area contributed by atoms with Gasteiger partial charge in [0.25, 0.3) is 0 Å². The zero-order valence-electron chi connectivity index (χ0n) is 21.8. The predicted octanol–water partition coefficient (Wildman–Crippen LogP) is 5.38. The Hall–Kier alpha value is -4.11. The van der Waals surface area contributed by atoms with E-state index in [9.17, 15) is 9.59 Å². The molecule has 1 aliphatic rings. The topological polar surface area (TPSA) is 76.5 Å². The molecule has 1 unspecified atom stereocenters. The van der Waals surface area contributed by atoms with Gasteiger partial charge in [0.05, 0.1) is 29.5 Å². The highest BCUT2D eigenvalue weighted by Crippen LogP contribution is 2.49. The highest BCUT2D eigenvalue weighted by Gasteiger charge is 2.38. The van der Waals surface area contributed by atoms with E-state index in [1.54, 1.807) is 30.0 Å². The minimum Gasteiger partial charge on any atom is -0.497 e. The number of amides is 2. The van der Waals surface area contributed by atoms with Crippen LogP contribution in [0.25, 0.3) is 16.9 Å². The molecule has 0 aliphatic carbocycles. The maximum absolute atomic E-state index is 15.3. The Morgan fingerprint density at radius 3 is 2.49 bits per heavy atom. The first-order valence-corrected chi connectivity index (χ1v) is 13.8. The quantitative estimate of drug-likeness (QED) is 0.322. The second kappa shape index (κ2) is 11.7. The first-order chi connectivity index (χ1) is 19.0. The second-order valence-corrected chi connectivity index (χ2v) is 10.2. The van der Waals surface area contributed by atoms with Crippen LogP contribution in [-0.2, 0) is 9.59 Å². The fourth-order valence-electron chi connectivity index (χ4n) is 4.63. The maximum Gasteiger partial charge on any atom is 0.240 e. The molecule has 4 aromatic rings. The second-order valence-electron chi connectivity index (χ2n) is 9.10. The number of rotatable bonds is 8. The van der Waals surface area contributed by atoms with E-state index in [1.165, 1.54) is 22.7 Å². The van der Waals surface area contributed by atoms with E-state index in [1.807, 2.05) is 61.5 Å². The van der Waals surface area contributed by atoms with Gasteiger partial charge in [-0.15, -0.1) is 11.8 Å². The lowest BCUT2D eigenvalue weighted by Crippen LogP contribution is -2.42. The van der Waals surface area contributed by atoms with E-state index in [0.29, 0.717) is 40.6 Å². The van der Waals surface area contributed by atoms with Crippen molar-refractivity contribution in [1.29, 1.82) is 0 Å². The van der Waals surface area contributed by atoms with Gasteiger partial charge in [0.15, 0.2) is 0 Å². The van der Waals surface area contributed by atoms with E-state index < -0.39 is 5.25 Å². The third-order valence-electron chi connectivity index (χ3n) is 6.51. The Balaban J connectivity index is 1.79. The molecular weight excluding hydrogens is 515 g/mol. The molecule has 0 saturated carbocycles. The summed E-state index contributed by atoms with van der Waals surface area (Å²) in [6.07, 6.45) is 0.776. The number of methoxy groups -OCH3 is 1. The van der Waals surface area contributed by atoms with Crippen molar-refractivity contribution in [3.05, 3.63) is 95.8 Å². The van der Waals surface area contributed by atoms with Gasteiger partial charge in [0.1, 0.15) is 23.9 Å². The number of aromatic nitrogens is 2. The molecule has 2 heterocycles. The monoisotopic (exact) mass is 544 g/mol. The van der Waals surface area contributed by atoms with Crippen LogP contribution < -0.4 is 15.0 Å². The van der Waals surface area contributed by atoms with E-state index in [4.69, 9.17) is 9.84 Å². The van der Waals surface area contributed by atoms with Crippen molar-refractivity contribution in [3.63, 3.8) is 0 Å². The molecule has 0 bridgehead atoms. The van der Waals surface area contributed by atoms with E-state index in [2.05, 4.69) is 5.32 Å². The van der Waals surface area contributed by atoms with Gasteiger partial charge in [-0.2, -0.15) is 5.10 Å². The van der Waals surface area contributed by atoms with Crippen molar-refractivity contribution < 1.29 is 18.7 Å². The molecule has 39 heavy (non-hydrogen) atoms. The molecule has 0 fully saturated rings. The van der Waals surface area contributed by atoms with Crippen LogP contribution in [0, 0.1) is 5.82 Å². The molecule has 1 aromatic heterocycles. The van der Waals surface area contributed by atoms with E-state index in [-0.39, 0.29) is 29.9 Å². The summed E-state index contributed by atoms with van der Waals surface area (Å²) < 4.78 is 22.3. The molecule has 1 atom stereocenters. The molecule has 9 heteroatoms. The van der Waals surface area contributed by atoms with Crippen molar-refractivity contribution >= 4 is 29.4 Å². The molecule has 0 radical (unpaired) electrons. The highest BCUT2D eigenvalue weighted by atomic mass is 32.2. The summed E-state index contributed by atoms with van der Waals surface area (Å²) in [6.45, 7) is 2.30. The summed E-state index contributed by atoms with van der Waals surface area (Å²) in [4.78, 5) is 28.1. The molecule has 0 saturated heterocycles. The molecule has 0 spiro atoms. The summed E-state index contributed by atoms with van der Waals surface area (Å²) >= 11 is 1.34. The number of hydrogen-bond donors (Lipinski definition) is 1. The third-order valence-corrected chi connectivity index (χ3v) is 7.75.